The van der Waals surface area contributed by atoms with Gasteiger partial charge < -0.3 is 14.2 Å². The van der Waals surface area contributed by atoms with E-state index in [1.807, 2.05) is 42.5 Å². The lowest BCUT2D eigenvalue weighted by Gasteiger charge is -2.26. The van der Waals surface area contributed by atoms with Crippen molar-refractivity contribution in [2.45, 2.75) is 13.2 Å². The van der Waals surface area contributed by atoms with Crippen molar-refractivity contribution in [3.8, 4) is 17.2 Å². The lowest BCUT2D eigenvalue weighted by Crippen LogP contribution is -2.54. The number of nitrogens with one attached hydrogen (secondary N) is 1. The number of anilines is 1. The van der Waals surface area contributed by atoms with Crippen LogP contribution in [0.4, 0.5) is 10.5 Å². The molecule has 5 rings (SSSR count). The number of amides is 4. The average Bonchev–Trinajstić information content (AvgIpc) is 2.99. The minimum Gasteiger partial charge on any atom is -0.493 e. The van der Waals surface area contributed by atoms with Crippen LogP contribution in [0.1, 0.15) is 16.7 Å². The minimum atomic E-state index is -0.864. The molecule has 1 fully saturated rings. The second kappa shape index (κ2) is 12.8. The summed E-state index contributed by atoms with van der Waals surface area (Å²) in [6.45, 7) is 0.573. The quantitative estimate of drug-likeness (QED) is 0.167. The molecule has 0 aromatic heterocycles. The van der Waals surface area contributed by atoms with E-state index in [1.165, 1.54) is 13.2 Å². The molecule has 0 aliphatic carbocycles. The largest absolute Gasteiger partial charge is 0.493 e. The maximum atomic E-state index is 13.4. The first kappa shape index (κ1) is 28.7. The fourth-order valence-corrected chi connectivity index (χ4v) is 4.59. The summed E-state index contributed by atoms with van der Waals surface area (Å²) in [5, 5.41) is 3.07. The summed E-state index contributed by atoms with van der Waals surface area (Å²) in [7, 11) is 1.46. The van der Waals surface area contributed by atoms with Crippen molar-refractivity contribution in [3.63, 3.8) is 0 Å². The number of ether oxygens (including phenoxy) is 3. The third kappa shape index (κ3) is 6.57. The smallest absolute Gasteiger partial charge is 0.335 e. The van der Waals surface area contributed by atoms with Crippen LogP contribution in [-0.2, 0) is 22.8 Å². The van der Waals surface area contributed by atoms with Crippen molar-refractivity contribution in [2.24, 2.45) is 0 Å². The number of nitrogens with zero attached hydrogens (tertiary/aromatic N) is 1. The Bertz CT molecular complexity index is 1660. The van der Waals surface area contributed by atoms with Crippen LogP contribution in [0.15, 0.2) is 96.6 Å². The Labute approximate surface area is 252 Å². The number of halogens is 2. The van der Waals surface area contributed by atoms with E-state index in [0.717, 1.165) is 16.0 Å². The maximum Gasteiger partial charge on any atom is 0.335 e. The zero-order chi connectivity index (χ0) is 29.6. The van der Waals surface area contributed by atoms with Gasteiger partial charge in [-0.25, -0.2) is 9.69 Å². The molecule has 0 spiro atoms. The number of rotatable bonds is 9. The molecule has 1 aliphatic rings. The Morgan fingerprint density at radius 3 is 2.17 bits per heavy atom. The van der Waals surface area contributed by atoms with Crippen LogP contribution in [0.2, 0.25) is 10.0 Å². The maximum absolute atomic E-state index is 13.4. The highest BCUT2D eigenvalue weighted by Gasteiger charge is 2.37. The molecular formula is C32H24Cl2N2O6. The molecule has 1 aliphatic heterocycles. The number of hydrogen-bond donors (Lipinski definition) is 1. The summed E-state index contributed by atoms with van der Waals surface area (Å²) >= 11 is 12.4. The summed E-state index contributed by atoms with van der Waals surface area (Å²) in [6, 6.07) is 25.4. The number of methoxy groups -OCH3 is 1. The van der Waals surface area contributed by atoms with Crippen LogP contribution in [0, 0.1) is 0 Å². The summed E-state index contributed by atoms with van der Waals surface area (Å²) in [5.41, 5.74) is 2.28. The van der Waals surface area contributed by atoms with Gasteiger partial charge in [0, 0.05) is 5.02 Å². The predicted octanol–water partition coefficient (Wildman–Crippen LogP) is 6.83. The third-order valence-corrected chi connectivity index (χ3v) is 6.84. The van der Waals surface area contributed by atoms with Gasteiger partial charge in [0.15, 0.2) is 11.5 Å². The first-order valence-electron chi connectivity index (χ1n) is 12.8. The normalized spacial score (nSPS) is 14.1. The fraction of sp³-hybridized carbons (Fsp3) is 0.0938. The molecule has 0 radical (unpaired) electrons. The Kier molecular flexibility index (Phi) is 8.76. The predicted molar refractivity (Wildman–Crippen MR) is 160 cm³/mol. The Morgan fingerprint density at radius 2 is 1.48 bits per heavy atom. The molecule has 10 heteroatoms. The van der Waals surface area contributed by atoms with Crippen LogP contribution in [0.5, 0.6) is 17.2 Å². The molecule has 0 atom stereocenters. The molecule has 0 bridgehead atoms. The number of urea groups is 1. The van der Waals surface area contributed by atoms with Gasteiger partial charge in [0.05, 0.1) is 17.8 Å². The lowest BCUT2D eigenvalue weighted by atomic mass is 10.1. The van der Waals surface area contributed by atoms with E-state index in [-0.39, 0.29) is 22.9 Å². The van der Waals surface area contributed by atoms with Gasteiger partial charge in [0.1, 0.15) is 24.5 Å². The van der Waals surface area contributed by atoms with E-state index in [0.29, 0.717) is 34.4 Å². The highest BCUT2D eigenvalue weighted by molar-refractivity contribution is 6.39. The molecule has 1 heterocycles. The Balaban J connectivity index is 1.34. The van der Waals surface area contributed by atoms with E-state index in [2.05, 4.69) is 5.32 Å². The fourth-order valence-electron chi connectivity index (χ4n) is 4.19. The molecule has 0 unspecified atom stereocenters. The number of carbonyl (C=O) groups excluding carboxylic acids is 3. The van der Waals surface area contributed by atoms with Gasteiger partial charge in [-0.15, -0.1) is 0 Å². The molecule has 4 aromatic carbocycles. The van der Waals surface area contributed by atoms with Crippen molar-refractivity contribution in [3.05, 3.63) is 123 Å². The number of carbonyl (C=O) groups is 3. The first-order chi connectivity index (χ1) is 20.3. The number of imide groups is 2. The Hall–Kier alpha value is -4.79. The SMILES string of the molecule is COc1cc(/C=C2\C(=O)NC(=O)N(c3ccc(OCc4ccc(Cl)cc4)cc3)C2=O)cc(Cl)c1OCc1ccccc1. The first-order valence-corrected chi connectivity index (χ1v) is 13.5. The molecule has 4 amide bonds. The van der Waals surface area contributed by atoms with Crippen LogP contribution >= 0.6 is 23.2 Å². The number of hydrogen-bond acceptors (Lipinski definition) is 6. The molecular weight excluding hydrogens is 579 g/mol. The van der Waals surface area contributed by atoms with E-state index < -0.39 is 17.8 Å². The second-order valence-electron chi connectivity index (χ2n) is 9.18. The second-order valence-corrected chi connectivity index (χ2v) is 10.0. The van der Waals surface area contributed by atoms with Crippen molar-refractivity contribution in [1.29, 1.82) is 0 Å². The van der Waals surface area contributed by atoms with E-state index in [4.69, 9.17) is 37.4 Å². The standard InChI is InChI=1S/C32H24Cl2N2O6/c1-40-28-17-22(16-27(34)29(28)42-19-20-5-3-2-4-6-20)15-26-30(37)35-32(39)36(31(26)38)24-11-13-25(14-12-24)41-18-21-7-9-23(33)10-8-21/h2-17H,18-19H2,1H3,(H,35,37,39)/b26-15+. The van der Waals surface area contributed by atoms with Crippen molar-refractivity contribution >= 4 is 52.8 Å². The highest BCUT2D eigenvalue weighted by atomic mass is 35.5. The molecule has 0 saturated carbocycles. The molecule has 1 N–H and O–H groups in total. The van der Waals surface area contributed by atoms with Gasteiger partial charge in [-0.1, -0.05) is 65.7 Å². The molecule has 42 heavy (non-hydrogen) atoms. The highest BCUT2D eigenvalue weighted by Crippen LogP contribution is 2.38. The number of benzene rings is 4. The van der Waals surface area contributed by atoms with Crippen LogP contribution < -0.4 is 24.4 Å². The van der Waals surface area contributed by atoms with E-state index >= 15 is 0 Å². The summed E-state index contributed by atoms with van der Waals surface area (Å²) in [4.78, 5) is 39.6. The van der Waals surface area contributed by atoms with Crippen LogP contribution in [-0.4, -0.2) is 25.0 Å². The molecule has 8 nitrogen and oxygen atoms in total. The van der Waals surface area contributed by atoms with Gasteiger partial charge in [-0.05, 0) is 71.3 Å². The summed E-state index contributed by atoms with van der Waals surface area (Å²) in [5.74, 6) is -0.459. The minimum absolute atomic E-state index is 0.225. The molecule has 1 saturated heterocycles. The topological polar surface area (TPSA) is 94.2 Å². The zero-order valence-corrected chi connectivity index (χ0v) is 23.8. The van der Waals surface area contributed by atoms with Gasteiger partial charge in [-0.3, -0.25) is 14.9 Å². The van der Waals surface area contributed by atoms with Crippen molar-refractivity contribution in [1.82, 2.24) is 5.32 Å². The Morgan fingerprint density at radius 1 is 0.810 bits per heavy atom. The van der Waals surface area contributed by atoms with Gasteiger partial charge in [-0.2, -0.15) is 0 Å². The number of barbiturate groups is 1. The summed E-state index contributed by atoms with van der Waals surface area (Å²) in [6.07, 6.45) is 1.34. The van der Waals surface area contributed by atoms with Gasteiger partial charge in [0.25, 0.3) is 11.8 Å². The van der Waals surface area contributed by atoms with Crippen molar-refractivity contribution < 1.29 is 28.6 Å². The van der Waals surface area contributed by atoms with E-state index in [1.54, 1.807) is 48.5 Å². The van der Waals surface area contributed by atoms with Gasteiger partial charge >= 0.3 is 6.03 Å². The monoisotopic (exact) mass is 602 g/mol. The average molecular weight is 603 g/mol. The van der Waals surface area contributed by atoms with Crippen molar-refractivity contribution in [2.75, 3.05) is 12.0 Å². The third-order valence-electron chi connectivity index (χ3n) is 6.30. The summed E-state index contributed by atoms with van der Waals surface area (Å²) < 4.78 is 17.1. The lowest BCUT2D eigenvalue weighted by molar-refractivity contribution is -0.122. The molecule has 4 aromatic rings. The van der Waals surface area contributed by atoms with Crippen LogP contribution in [0.3, 0.4) is 0 Å². The van der Waals surface area contributed by atoms with Gasteiger partial charge in [0.2, 0.25) is 0 Å². The van der Waals surface area contributed by atoms with E-state index in [9.17, 15) is 14.4 Å². The molecule has 212 valence electrons. The zero-order valence-electron chi connectivity index (χ0n) is 22.3. The van der Waals surface area contributed by atoms with Crippen LogP contribution in [0.25, 0.3) is 6.08 Å².